The first kappa shape index (κ1) is 12.8. The molecule has 6 heteroatoms. The molecule has 0 saturated heterocycles. The minimum atomic E-state index is -1.48. The molecule has 0 aromatic carbocycles. The molecule has 0 aromatic heterocycles. The van der Waals surface area contributed by atoms with Crippen molar-refractivity contribution in [2.24, 2.45) is 0 Å². The number of aliphatic hydroxyl groups excluding tert-OH is 5. The Bertz CT molecular complexity index is 134. The molecule has 0 heterocycles. The van der Waals surface area contributed by atoms with E-state index in [0.717, 1.165) is 0 Å². The van der Waals surface area contributed by atoms with Gasteiger partial charge in [-0.3, -0.25) is 5.32 Å². The zero-order valence-corrected chi connectivity index (χ0v) is 7.46. The molecule has 0 bridgehead atoms. The van der Waals surface area contributed by atoms with Crippen LogP contribution >= 0.6 is 0 Å². The van der Waals surface area contributed by atoms with Crippen LogP contribution < -0.4 is 5.32 Å². The SMILES string of the molecule is CN[C@H](O)C(O)[C@@H](O)[C@H](O)CCO. The van der Waals surface area contributed by atoms with Gasteiger partial charge < -0.3 is 25.5 Å². The normalized spacial score (nSPS) is 20.8. The molecule has 0 fully saturated rings. The summed E-state index contributed by atoms with van der Waals surface area (Å²) < 4.78 is 0. The van der Waals surface area contributed by atoms with E-state index >= 15 is 0 Å². The van der Waals surface area contributed by atoms with Crippen LogP contribution in [0.2, 0.25) is 0 Å². The predicted molar refractivity (Wildman–Crippen MR) is 44.8 cm³/mol. The summed E-state index contributed by atoms with van der Waals surface area (Å²) in [6.07, 6.45) is -5.55. The van der Waals surface area contributed by atoms with Gasteiger partial charge in [-0.25, -0.2) is 0 Å². The van der Waals surface area contributed by atoms with E-state index in [1.807, 2.05) is 0 Å². The van der Waals surface area contributed by atoms with E-state index in [1.165, 1.54) is 7.05 Å². The molecule has 0 aliphatic heterocycles. The standard InChI is InChI=1S/C7H17NO5/c1-8-7(13)6(12)5(11)4(10)2-3-9/h4-13H,2-3H2,1H3/t4-,5+,6?,7-/m1/s1. The molecule has 0 spiro atoms. The van der Waals surface area contributed by atoms with E-state index in [1.54, 1.807) is 0 Å². The van der Waals surface area contributed by atoms with Gasteiger partial charge in [0.25, 0.3) is 0 Å². The Labute approximate surface area is 76.4 Å². The molecule has 13 heavy (non-hydrogen) atoms. The van der Waals surface area contributed by atoms with E-state index in [4.69, 9.17) is 15.3 Å². The minimum Gasteiger partial charge on any atom is -0.396 e. The average Bonchev–Trinajstić information content (AvgIpc) is 2.14. The predicted octanol–water partition coefficient (Wildman–Crippen LogP) is -3.01. The highest BCUT2D eigenvalue weighted by atomic mass is 16.4. The smallest absolute Gasteiger partial charge is 0.133 e. The van der Waals surface area contributed by atoms with Crippen molar-refractivity contribution in [1.82, 2.24) is 5.32 Å². The fourth-order valence-electron chi connectivity index (χ4n) is 0.888. The summed E-state index contributed by atoms with van der Waals surface area (Å²) in [7, 11) is 1.40. The minimum absolute atomic E-state index is 0.0470. The molecule has 0 aliphatic rings. The van der Waals surface area contributed by atoms with E-state index in [-0.39, 0.29) is 13.0 Å². The highest BCUT2D eigenvalue weighted by molar-refractivity contribution is 4.78. The van der Waals surface area contributed by atoms with Gasteiger partial charge in [-0.1, -0.05) is 0 Å². The first-order valence-electron chi connectivity index (χ1n) is 4.05. The van der Waals surface area contributed by atoms with Crippen LogP contribution in [-0.4, -0.2) is 63.7 Å². The third-order valence-corrected chi connectivity index (χ3v) is 1.79. The first-order valence-corrected chi connectivity index (χ1v) is 4.05. The number of likely N-dealkylation sites (N-methyl/N-ethyl adjacent to an activating group) is 1. The summed E-state index contributed by atoms with van der Waals surface area (Å²) >= 11 is 0. The number of hydrogen-bond acceptors (Lipinski definition) is 6. The van der Waals surface area contributed by atoms with Crippen LogP contribution in [0.5, 0.6) is 0 Å². The second kappa shape index (κ2) is 6.25. The van der Waals surface area contributed by atoms with Crippen molar-refractivity contribution in [3.05, 3.63) is 0 Å². The summed E-state index contributed by atoms with van der Waals surface area (Å²) in [5, 5.41) is 47.3. The second-order valence-electron chi connectivity index (χ2n) is 2.79. The lowest BCUT2D eigenvalue weighted by molar-refractivity contribution is -0.114. The average molecular weight is 195 g/mol. The Morgan fingerprint density at radius 3 is 2.00 bits per heavy atom. The van der Waals surface area contributed by atoms with Gasteiger partial charge in [0.15, 0.2) is 0 Å². The molecule has 0 radical (unpaired) electrons. The van der Waals surface area contributed by atoms with Crippen molar-refractivity contribution >= 4 is 0 Å². The number of hydrogen-bond donors (Lipinski definition) is 6. The lowest BCUT2D eigenvalue weighted by atomic mass is 10.0. The third kappa shape index (κ3) is 3.99. The molecule has 0 amide bonds. The lowest BCUT2D eigenvalue weighted by Crippen LogP contribution is -2.49. The van der Waals surface area contributed by atoms with Crippen molar-refractivity contribution in [2.75, 3.05) is 13.7 Å². The maximum Gasteiger partial charge on any atom is 0.133 e. The van der Waals surface area contributed by atoms with E-state index < -0.39 is 24.5 Å². The van der Waals surface area contributed by atoms with Gasteiger partial charge in [-0.2, -0.15) is 0 Å². The first-order chi connectivity index (χ1) is 6.04. The summed E-state index contributed by atoms with van der Waals surface area (Å²) in [6.45, 7) is -0.291. The molecular weight excluding hydrogens is 178 g/mol. The molecule has 6 N–H and O–H groups in total. The van der Waals surface area contributed by atoms with E-state index in [9.17, 15) is 10.2 Å². The van der Waals surface area contributed by atoms with Crippen molar-refractivity contribution in [2.45, 2.75) is 31.0 Å². The van der Waals surface area contributed by atoms with Crippen LogP contribution in [0.25, 0.3) is 0 Å². The van der Waals surface area contributed by atoms with Gasteiger partial charge in [0.05, 0.1) is 6.10 Å². The highest BCUT2D eigenvalue weighted by Gasteiger charge is 2.28. The quantitative estimate of drug-likeness (QED) is 0.252. The van der Waals surface area contributed by atoms with Crippen molar-refractivity contribution in [3.8, 4) is 0 Å². The Morgan fingerprint density at radius 1 is 1.08 bits per heavy atom. The fourth-order valence-corrected chi connectivity index (χ4v) is 0.888. The summed E-state index contributed by atoms with van der Waals surface area (Å²) in [5.41, 5.74) is 0. The molecular formula is C7H17NO5. The van der Waals surface area contributed by atoms with Crippen LogP contribution in [-0.2, 0) is 0 Å². The molecule has 4 atom stereocenters. The molecule has 80 valence electrons. The van der Waals surface area contributed by atoms with Gasteiger partial charge in [-0.05, 0) is 13.5 Å². The topological polar surface area (TPSA) is 113 Å². The summed E-state index contributed by atoms with van der Waals surface area (Å²) in [6, 6.07) is 0. The number of nitrogens with one attached hydrogen (secondary N) is 1. The highest BCUT2D eigenvalue weighted by Crippen LogP contribution is 2.05. The van der Waals surface area contributed by atoms with Crippen LogP contribution in [0, 0.1) is 0 Å². The monoisotopic (exact) mass is 195 g/mol. The molecule has 0 aromatic rings. The van der Waals surface area contributed by atoms with Gasteiger partial charge >= 0.3 is 0 Å². The molecule has 6 nitrogen and oxygen atoms in total. The van der Waals surface area contributed by atoms with Crippen LogP contribution in [0.3, 0.4) is 0 Å². The van der Waals surface area contributed by atoms with Gasteiger partial charge in [-0.15, -0.1) is 0 Å². The Balaban J connectivity index is 3.99. The fraction of sp³-hybridized carbons (Fsp3) is 1.00. The van der Waals surface area contributed by atoms with Crippen LogP contribution in [0.15, 0.2) is 0 Å². The molecule has 1 unspecified atom stereocenters. The molecule has 0 rings (SSSR count). The van der Waals surface area contributed by atoms with Crippen molar-refractivity contribution < 1.29 is 25.5 Å². The third-order valence-electron chi connectivity index (χ3n) is 1.79. The molecule has 0 saturated carbocycles. The largest absolute Gasteiger partial charge is 0.396 e. The number of aliphatic hydroxyl groups is 5. The zero-order valence-electron chi connectivity index (χ0n) is 7.46. The Morgan fingerprint density at radius 2 is 1.62 bits per heavy atom. The second-order valence-corrected chi connectivity index (χ2v) is 2.79. The van der Waals surface area contributed by atoms with E-state index in [2.05, 4.69) is 5.32 Å². The van der Waals surface area contributed by atoms with Gasteiger partial charge in [0, 0.05) is 6.61 Å². The number of rotatable bonds is 6. The Hall–Kier alpha value is -0.240. The van der Waals surface area contributed by atoms with Crippen molar-refractivity contribution in [1.29, 1.82) is 0 Å². The zero-order chi connectivity index (χ0) is 10.4. The maximum atomic E-state index is 9.21. The van der Waals surface area contributed by atoms with Gasteiger partial charge in [0.2, 0.25) is 0 Å². The van der Waals surface area contributed by atoms with Crippen LogP contribution in [0.1, 0.15) is 6.42 Å². The maximum absolute atomic E-state index is 9.21. The molecule has 0 aliphatic carbocycles. The Kier molecular flexibility index (Phi) is 6.13. The van der Waals surface area contributed by atoms with Gasteiger partial charge in [0.1, 0.15) is 18.4 Å². The summed E-state index contributed by atoms with van der Waals surface area (Å²) in [4.78, 5) is 0. The van der Waals surface area contributed by atoms with Crippen molar-refractivity contribution in [3.63, 3.8) is 0 Å². The summed E-state index contributed by atoms with van der Waals surface area (Å²) in [5.74, 6) is 0. The van der Waals surface area contributed by atoms with E-state index in [0.29, 0.717) is 0 Å². The lowest BCUT2D eigenvalue weighted by Gasteiger charge is -2.25. The van der Waals surface area contributed by atoms with Crippen LogP contribution in [0.4, 0.5) is 0 Å².